The van der Waals surface area contributed by atoms with Crippen LogP contribution in [0.2, 0.25) is 0 Å². The van der Waals surface area contributed by atoms with Gasteiger partial charge in [-0.25, -0.2) is 0 Å². The van der Waals surface area contributed by atoms with Crippen LogP contribution in [-0.4, -0.2) is 32.4 Å². The van der Waals surface area contributed by atoms with E-state index in [0.717, 1.165) is 0 Å². The maximum atomic E-state index is 9.10. The van der Waals surface area contributed by atoms with Gasteiger partial charge < -0.3 is 21.2 Å². The van der Waals surface area contributed by atoms with Crippen LogP contribution in [0.1, 0.15) is 27.7 Å². The second-order valence-corrected chi connectivity index (χ2v) is 3.12. The lowest BCUT2D eigenvalue weighted by atomic mass is 9.90. The SMILES string of the molecule is CC(C)(O)C(C)(C)O.O.O. The van der Waals surface area contributed by atoms with E-state index in [1.54, 1.807) is 27.7 Å². The predicted molar refractivity (Wildman–Crippen MR) is 39.8 cm³/mol. The lowest BCUT2D eigenvalue weighted by molar-refractivity contribution is -0.107. The third kappa shape index (κ3) is 4.69. The van der Waals surface area contributed by atoms with Crippen LogP contribution in [0.3, 0.4) is 0 Å². The van der Waals surface area contributed by atoms with Crippen molar-refractivity contribution in [3.05, 3.63) is 0 Å². The minimum atomic E-state index is -1.01. The maximum Gasteiger partial charge on any atom is 0.0872 e. The van der Waals surface area contributed by atoms with E-state index < -0.39 is 11.2 Å². The molecule has 10 heavy (non-hydrogen) atoms. The van der Waals surface area contributed by atoms with E-state index >= 15 is 0 Å². The average molecular weight is 154 g/mol. The summed E-state index contributed by atoms with van der Waals surface area (Å²) in [7, 11) is 0. The second kappa shape index (κ2) is 3.88. The molecular weight excluding hydrogens is 136 g/mol. The smallest absolute Gasteiger partial charge is 0.0872 e. The summed E-state index contributed by atoms with van der Waals surface area (Å²) in [5.74, 6) is 0. The van der Waals surface area contributed by atoms with Gasteiger partial charge in [0.05, 0.1) is 11.2 Å². The van der Waals surface area contributed by atoms with Gasteiger partial charge in [0, 0.05) is 0 Å². The van der Waals surface area contributed by atoms with E-state index in [2.05, 4.69) is 0 Å². The molecule has 0 aliphatic heterocycles. The zero-order valence-electron chi connectivity index (χ0n) is 6.89. The summed E-state index contributed by atoms with van der Waals surface area (Å²) in [4.78, 5) is 0. The van der Waals surface area contributed by atoms with E-state index in [0.29, 0.717) is 0 Å². The highest BCUT2D eigenvalue weighted by atomic mass is 16.3. The van der Waals surface area contributed by atoms with Gasteiger partial charge in [-0.1, -0.05) is 0 Å². The van der Waals surface area contributed by atoms with E-state index in [-0.39, 0.29) is 11.0 Å². The summed E-state index contributed by atoms with van der Waals surface area (Å²) in [6.07, 6.45) is 0. The predicted octanol–water partition coefficient (Wildman–Crippen LogP) is -1.12. The highest BCUT2D eigenvalue weighted by molar-refractivity contribution is 4.84. The van der Waals surface area contributed by atoms with Gasteiger partial charge in [0.15, 0.2) is 0 Å². The first-order chi connectivity index (χ1) is 3.25. The van der Waals surface area contributed by atoms with Crippen LogP contribution in [0.25, 0.3) is 0 Å². The minimum Gasteiger partial charge on any atom is -0.412 e. The Labute approximate surface area is 61.1 Å². The Hall–Kier alpha value is -0.160. The molecule has 0 radical (unpaired) electrons. The molecule has 0 amide bonds. The molecule has 0 saturated carbocycles. The molecule has 0 rings (SSSR count). The van der Waals surface area contributed by atoms with Crippen molar-refractivity contribution in [2.45, 2.75) is 38.9 Å². The normalized spacial score (nSPS) is 11.4. The Morgan fingerprint density at radius 1 is 0.700 bits per heavy atom. The van der Waals surface area contributed by atoms with Gasteiger partial charge in [-0.15, -0.1) is 0 Å². The largest absolute Gasteiger partial charge is 0.412 e. The maximum absolute atomic E-state index is 9.10. The zero-order valence-corrected chi connectivity index (χ0v) is 6.89. The molecule has 0 unspecified atom stereocenters. The van der Waals surface area contributed by atoms with Gasteiger partial charge in [-0.05, 0) is 27.7 Å². The summed E-state index contributed by atoms with van der Waals surface area (Å²) in [5.41, 5.74) is -2.01. The van der Waals surface area contributed by atoms with Gasteiger partial charge in [-0.3, -0.25) is 0 Å². The molecule has 4 nitrogen and oxygen atoms in total. The monoisotopic (exact) mass is 154 g/mol. The fourth-order valence-corrected chi connectivity index (χ4v) is 0. The molecule has 0 aromatic rings. The number of hydrogen-bond acceptors (Lipinski definition) is 2. The molecule has 0 aromatic heterocycles. The molecule has 0 bridgehead atoms. The fraction of sp³-hybridized carbons (Fsp3) is 1.00. The third-order valence-corrected chi connectivity index (χ3v) is 1.50. The van der Waals surface area contributed by atoms with Crippen LogP contribution < -0.4 is 0 Å². The first-order valence-electron chi connectivity index (χ1n) is 2.70. The van der Waals surface area contributed by atoms with Crippen molar-refractivity contribution in [1.29, 1.82) is 0 Å². The Morgan fingerprint density at radius 2 is 0.800 bits per heavy atom. The van der Waals surface area contributed by atoms with E-state index in [4.69, 9.17) is 10.2 Å². The molecule has 0 fully saturated rings. The number of hydrogen-bond donors (Lipinski definition) is 2. The Bertz CT molecular complexity index is 64.7. The summed E-state index contributed by atoms with van der Waals surface area (Å²) < 4.78 is 0. The molecule has 0 atom stereocenters. The molecule has 0 aliphatic rings. The Balaban J connectivity index is -0.000000245. The van der Waals surface area contributed by atoms with Gasteiger partial charge in [0.2, 0.25) is 0 Å². The highest BCUT2D eigenvalue weighted by Gasteiger charge is 2.31. The van der Waals surface area contributed by atoms with Crippen molar-refractivity contribution in [1.82, 2.24) is 0 Å². The lowest BCUT2D eigenvalue weighted by Crippen LogP contribution is -2.44. The van der Waals surface area contributed by atoms with Crippen molar-refractivity contribution < 1.29 is 21.2 Å². The molecule has 0 heterocycles. The molecule has 66 valence electrons. The Morgan fingerprint density at radius 3 is 0.800 bits per heavy atom. The number of aliphatic hydroxyl groups is 2. The molecule has 6 N–H and O–H groups in total. The van der Waals surface area contributed by atoms with Crippen molar-refractivity contribution in [3.8, 4) is 0 Å². The Kier molecular flexibility index (Phi) is 6.37. The quantitative estimate of drug-likeness (QED) is 0.499. The van der Waals surface area contributed by atoms with E-state index in [1.807, 2.05) is 0 Å². The van der Waals surface area contributed by atoms with Crippen molar-refractivity contribution in [2.75, 3.05) is 0 Å². The van der Waals surface area contributed by atoms with Crippen LogP contribution in [0.15, 0.2) is 0 Å². The molecule has 4 heteroatoms. The number of rotatable bonds is 1. The van der Waals surface area contributed by atoms with Gasteiger partial charge in [-0.2, -0.15) is 0 Å². The lowest BCUT2D eigenvalue weighted by Gasteiger charge is -2.31. The van der Waals surface area contributed by atoms with Crippen molar-refractivity contribution in [3.63, 3.8) is 0 Å². The zero-order chi connectivity index (χ0) is 7.00. The van der Waals surface area contributed by atoms with Crippen LogP contribution in [-0.2, 0) is 0 Å². The average Bonchev–Trinajstić information content (AvgIpc) is 1.25. The van der Waals surface area contributed by atoms with Gasteiger partial charge in [0.25, 0.3) is 0 Å². The standard InChI is InChI=1S/C6H14O2.2H2O/c1-5(2,7)6(3,4)8;;/h7-8H,1-4H3;2*1H2. The summed E-state index contributed by atoms with van der Waals surface area (Å²) in [6.45, 7) is 6.31. The summed E-state index contributed by atoms with van der Waals surface area (Å²) >= 11 is 0. The summed E-state index contributed by atoms with van der Waals surface area (Å²) in [5, 5.41) is 18.2. The molecule has 0 aliphatic carbocycles. The van der Waals surface area contributed by atoms with Crippen LogP contribution in [0.4, 0.5) is 0 Å². The van der Waals surface area contributed by atoms with Crippen LogP contribution >= 0.6 is 0 Å². The topological polar surface area (TPSA) is 103 Å². The van der Waals surface area contributed by atoms with Crippen LogP contribution in [0, 0.1) is 0 Å². The van der Waals surface area contributed by atoms with Gasteiger partial charge >= 0.3 is 0 Å². The van der Waals surface area contributed by atoms with E-state index in [9.17, 15) is 0 Å². The fourth-order valence-electron chi connectivity index (χ4n) is 0. The highest BCUT2D eigenvalue weighted by Crippen LogP contribution is 2.18. The van der Waals surface area contributed by atoms with Crippen molar-refractivity contribution in [2.24, 2.45) is 0 Å². The van der Waals surface area contributed by atoms with Gasteiger partial charge in [0.1, 0.15) is 0 Å². The molecule has 0 spiro atoms. The minimum absolute atomic E-state index is 0. The first-order valence-corrected chi connectivity index (χ1v) is 2.70. The van der Waals surface area contributed by atoms with E-state index in [1.165, 1.54) is 0 Å². The molecule has 0 saturated heterocycles. The second-order valence-electron chi connectivity index (χ2n) is 3.12. The molecule has 0 aromatic carbocycles. The summed E-state index contributed by atoms with van der Waals surface area (Å²) in [6, 6.07) is 0. The van der Waals surface area contributed by atoms with Crippen LogP contribution in [0.5, 0.6) is 0 Å². The van der Waals surface area contributed by atoms with Crippen molar-refractivity contribution >= 4 is 0 Å². The first kappa shape index (κ1) is 16.4. The molecular formula is C6H18O4. The third-order valence-electron chi connectivity index (χ3n) is 1.50.